The maximum atomic E-state index is 11.3. The molecule has 0 atom stereocenters. The zero-order chi connectivity index (χ0) is 14.3. The van der Waals surface area contributed by atoms with Gasteiger partial charge in [-0.05, 0) is 18.2 Å². The van der Waals surface area contributed by atoms with E-state index in [9.17, 15) is 13.2 Å². The molecule has 20 heavy (non-hydrogen) atoms. The fraction of sp³-hybridized carbons (Fsp3) is 0.0833. The van der Waals surface area contributed by atoms with Crippen LogP contribution in [0.1, 0.15) is 0 Å². The normalized spacial score (nSPS) is 12.1. The fourth-order valence-corrected chi connectivity index (χ4v) is 2.16. The largest absolute Gasteiger partial charge is 0.468 e. The van der Waals surface area contributed by atoms with Crippen molar-refractivity contribution in [1.82, 2.24) is 0 Å². The van der Waals surface area contributed by atoms with E-state index in [0.29, 0.717) is 10.8 Å². The molecule has 2 heterocycles. The molecule has 0 unspecified atom stereocenters. The third-order valence-electron chi connectivity index (χ3n) is 2.65. The Morgan fingerprint density at radius 1 is 1.15 bits per heavy atom. The number of rotatable bonds is 3. The third-order valence-corrected chi connectivity index (χ3v) is 3.10. The average molecular weight is 295 g/mol. The zero-order valence-corrected chi connectivity index (χ0v) is 10.8. The van der Waals surface area contributed by atoms with Crippen LogP contribution >= 0.6 is 0 Å². The highest BCUT2D eigenvalue weighted by atomic mass is 32.2. The molecular weight excluding hydrogens is 286 g/mol. The molecular formula is C12H9NO6S. The van der Waals surface area contributed by atoms with Crippen LogP contribution in [0.3, 0.4) is 0 Å². The summed E-state index contributed by atoms with van der Waals surface area (Å²) in [6, 6.07) is 6.24. The summed E-state index contributed by atoms with van der Waals surface area (Å²) < 4.78 is 37.5. The lowest BCUT2D eigenvalue weighted by Gasteiger charge is -2.07. The first-order valence-electron chi connectivity index (χ1n) is 5.51. The quantitative estimate of drug-likeness (QED) is 0.725. The van der Waals surface area contributed by atoms with Gasteiger partial charge in [-0.2, -0.15) is 0 Å². The molecule has 0 fully saturated rings. The van der Waals surface area contributed by atoms with Crippen LogP contribution in [0.4, 0.5) is 0 Å². The van der Waals surface area contributed by atoms with Crippen LogP contribution < -0.4 is 15.5 Å². The number of furan rings is 1. The van der Waals surface area contributed by atoms with Crippen molar-refractivity contribution in [3.05, 3.63) is 40.9 Å². The molecule has 0 saturated carbocycles. The van der Waals surface area contributed by atoms with Gasteiger partial charge < -0.3 is 13.6 Å². The van der Waals surface area contributed by atoms with Gasteiger partial charge in [0.1, 0.15) is 0 Å². The van der Waals surface area contributed by atoms with E-state index in [1.54, 1.807) is 18.2 Å². The summed E-state index contributed by atoms with van der Waals surface area (Å²) in [5.74, 6) is -0.713. The van der Waals surface area contributed by atoms with Crippen molar-refractivity contribution < 1.29 is 22.0 Å². The molecule has 0 spiro atoms. The molecule has 0 aliphatic rings. The van der Waals surface area contributed by atoms with E-state index in [-0.39, 0.29) is 16.9 Å². The summed E-state index contributed by atoms with van der Waals surface area (Å²) >= 11 is 0. The number of nitrogens with two attached hydrogens (primary N) is 1. The summed E-state index contributed by atoms with van der Waals surface area (Å²) in [5, 5.41) is 6.18. The van der Waals surface area contributed by atoms with E-state index in [4.69, 9.17) is 18.7 Å². The van der Waals surface area contributed by atoms with Gasteiger partial charge in [0.25, 0.3) is 0 Å². The maximum Gasteiger partial charge on any atom is 0.336 e. The van der Waals surface area contributed by atoms with Gasteiger partial charge in [0, 0.05) is 16.8 Å². The van der Waals surface area contributed by atoms with Gasteiger partial charge in [0.15, 0.2) is 11.2 Å². The molecule has 2 N–H and O–H groups in total. The Kier molecular flexibility index (Phi) is 2.77. The number of hydrogen-bond acceptors (Lipinski definition) is 6. The highest BCUT2D eigenvalue weighted by Crippen LogP contribution is 2.34. The average Bonchev–Trinajstić information content (AvgIpc) is 2.81. The lowest BCUT2D eigenvalue weighted by atomic mass is 10.1. The van der Waals surface area contributed by atoms with Crippen molar-refractivity contribution in [2.45, 2.75) is 0 Å². The predicted octanol–water partition coefficient (Wildman–Crippen LogP) is 1.16. The Labute approximate surface area is 112 Å². The number of hydrogen-bond donors (Lipinski definition) is 1. The first-order valence-corrected chi connectivity index (χ1v) is 7.23. The summed E-state index contributed by atoms with van der Waals surface area (Å²) in [6.07, 6.45) is 1.42. The molecule has 3 rings (SSSR count). The lowest BCUT2D eigenvalue weighted by Crippen LogP contribution is -2.20. The highest BCUT2D eigenvalue weighted by molar-refractivity contribution is 7.88. The van der Waals surface area contributed by atoms with E-state index in [0.717, 1.165) is 0 Å². The van der Waals surface area contributed by atoms with Gasteiger partial charge in [0.05, 0.1) is 6.26 Å². The molecule has 0 aliphatic heterocycles. The Bertz CT molecular complexity index is 953. The Morgan fingerprint density at radius 3 is 2.65 bits per heavy atom. The van der Waals surface area contributed by atoms with Crippen LogP contribution in [0.25, 0.3) is 21.9 Å². The second-order valence-electron chi connectivity index (χ2n) is 4.14. The van der Waals surface area contributed by atoms with Crippen LogP contribution in [-0.4, -0.2) is 14.4 Å². The molecule has 1 aromatic carbocycles. The van der Waals surface area contributed by atoms with Crippen molar-refractivity contribution in [1.29, 1.82) is 0 Å². The molecule has 7 nitrogen and oxygen atoms in total. The molecule has 2 aromatic heterocycles. The van der Waals surface area contributed by atoms with E-state index in [1.807, 2.05) is 0 Å². The van der Waals surface area contributed by atoms with Crippen LogP contribution in [0, 0.1) is 0 Å². The molecule has 0 radical (unpaired) electrons. The fourth-order valence-electron chi connectivity index (χ4n) is 1.88. The molecule has 0 amide bonds. The molecule has 8 heteroatoms. The second kappa shape index (κ2) is 4.36. The monoisotopic (exact) mass is 295 g/mol. The van der Waals surface area contributed by atoms with Gasteiger partial charge >= 0.3 is 5.63 Å². The standard InChI is InChI=1S/C12H9NO6S/c13-20(15,16)6-18-12-10-8(3-4-17-10)5-7-1-2-9(14)19-11(7)12/h1-5H,6H2,(H2,13,15,16). The number of benzene rings is 1. The van der Waals surface area contributed by atoms with Crippen LogP contribution in [0.5, 0.6) is 5.75 Å². The van der Waals surface area contributed by atoms with E-state index >= 15 is 0 Å². The van der Waals surface area contributed by atoms with Gasteiger partial charge in [-0.1, -0.05) is 0 Å². The number of ether oxygens (including phenoxy) is 1. The lowest BCUT2D eigenvalue weighted by molar-refractivity contribution is 0.370. The van der Waals surface area contributed by atoms with Gasteiger partial charge in [0.2, 0.25) is 21.7 Å². The minimum atomic E-state index is -3.84. The summed E-state index contributed by atoms with van der Waals surface area (Å²) in [5.41, 5.74) is -0.178. The van der Waals surface area contributed by atoms with E-state index in [1.165, 1.54) is 12.3 Å². The van der Waals surface area contributed by atoms with Crippen molar-refractivity contribution in [2.24, 2.45) is 5.14 Å². The van der Waals surface area contributed by atoms with Crippen LogP contribution in [-0.2, 0) is 10.0 Å². The number of primary sulfonamides is 1. The first-order chi connectivity index (χ1) is 9.44. The molecule has 104 valence electrons. The minimum absolute atomic E-state index is 0.0363. The molecule has 3 aromatic rings. The van der Waals surface area contributed by atoms with Crippen molar-refractivity contribution in [3.63, 3.8) is 0 Å². The summed E-state index contributed by atoms with van der Waals surface area (Å²) in [6.45, 7) is 0. The van der Waals surface area contributed by atoms with Crippen molar-refractivity contribution >= 4 is 32.0 Å². The topological polar surface area (TPSA) is 113 Å². The third kappa shape index (κ3) is 2.26. The first kappa shape index (κ1) is 12.7. The van der Waals surface area contributed by atoms with E-state index in [2.05, 4.69) is 0 Å². The summed E-state index contributed by atoms with van der Waals surface area (Å²) in [7, 11) is -3.84. The van der Waals surface area contributed by atoms with Crippen molar-refractivity contribution in [2.75, 3.05) is 5.94 Å². The minimum Gasteiger partial charge on any atom is -0.468 e. The second-order valence-corrected chi connectivity index (χ2v) is 5.70. The zero-order valence-electron chi connectivity index (χ0n) is 10.0. The smallest absolute Gasteiger partial charge is 0.336 e. The highest BCUT2D eigenvalue weighted by Gasteiger charge is 2.16. The van der Waals surface area contributed by atoms with Crippen molar-refractivity contribution in [3.8, 4) is 5.75 Å². The summed E-state index contributed by atoms with van der Waals surface area (Å²) in [4.78, 5) is 11.3. The number of sulfonamides is 1. The van der Waals surface area contributed by atoms with Gasteiger partial charge in [-0.25, -0.2) is 18.4 Å². The Morgan fingerprint density at radius 2 is 1.90 bits per heavy atom. The predicted molar refractivity (Wildman–Crippen MR) is 70.9 cm³/mol. The molecule has 0 aliphatic carbocycles. The SMILES string of the molecule is NS(=O)(=O)COc1c2occc2cc2ccc(=O)oc12. The molecule has 0 bridgehead atoms. The Hall–Kier alpha value is -2.32. The maximum absolute atomic E-state index is 11.3. The van der Waals surface area contributed by atoms with Gasteiger partial charge in [-0.15, -0.1) is 0 Å². The molecule has 0 saturated heterocycles. The van der Waals surface area contributed by atoms with Gasteiger partial charge in [-0.3, -0.25) is 0 Å². The van der Waals surface area contributed by atoms with E-state index < -0.39 is 21.6 Å². The number of fused-ring (bicyclic) bond motifs is 2. The van der Waals surface area contributed by atoms with Crippen LogP contribution in [0.2, 0.25) is 0 Å². The van der Waals surface area contributed by atoms with Crippen LogP contribution in [0.15, 0.2) is 44.2 Å². The Balaban J connectivity index is 2.29.